The van der Waals surface area contributed by atoms with Gasteiger partial charge >= 0.3 is 0 Å². The fraction of sp³-hybridized carbons (Fsp3) is 0.769. The lowest BCUT2D eigenvalue weighted by Gasteiger charge is -2.17. The lowest BCUT2D eigenvalue weighted by molar-refractivity contribution is -0.127. The van der Waals surface area contributed by atoms with Crippen LogP contribution in [0.5, 0.6) is 0 Å². The predicted octanol–water partition coefficient (Wildman–Crippen LogP) is 2.13. The van der Waals surface area contributed by atoms with Crippen LogP contribution in [0.25, 0.3) is 0 Å². The maximum atomic E-state index is 12.0. The minimum atomic E-state index is 0.000561. The Balaban J connectivity index is 2.41. The average Bonchev–Trinajstić information content (AvgIpc) is 2.48. The van der Waals surface area contributed by atoms with Crippen LogP contribution in [0.2, 0.25) is 0 Å². The predicted molar refractivity (Wildman–Crippen MR) is 65.1 cm³/mol. The topological polar surface area (TPSA) is 38.3 Å². The molecule has 0 saturated carbocycles. The van der Waals surface area contributed by atoms with E-state index in [1.807, 2.05) is 26.8 Å². The molecular weight excluding hydrogens is 202 g/mol. The molecular formula is C13H23NO2. The van der Waals surface area contributed by atoms with E-state index < -0.39 is 0 Å². The fourth-order valence-electron chi connectivity index (χ4n) is 2.28. The average molecular weight is 225 g/mol. The molecule has 16 heavy (non-hydrogen) atoms. The summed E-state index contributed by atoms with van der Waals surface area (Å²) in [5.74, 6) is 0.436. The summed E-state index contributed by atoms with van der Waals surface area (Å²) in [6.07, 6.45) is 5.17. The second-order valence-electron chi connectivity index (χ2n) is 4.58. The Hall–Kier alpha value is -0.830. The second-order valence-corrected chi connectivity index (χ2v) is 4.58. The van der Waals surface area contributed by atoms with Crippen LogP contribution in [0.3, 0.4) is 0 Å². The van der Waals surface area contributed by atoms with Crippen molar-refractivity contribution in [2.24, 2.45) is 11.8 Å². The van der Waals surface area contributed by atoms with E-state index in [1.54, 1.807) is 0 Å². The summed E-state index contributed by atoms with van der Waals surface area (Å²) < 4.78 is 5.66. The number of amides is 1. The van der Waals surface area contributed by atoms with E-state index in [4.69, 9.17) is 4.74 Å². The monoisotopic (exact) mass is 225 g/mol. The summed E-state index contributed by atoms with van der Waals surface area (Å²) in [7, 11) is 0. The first-order valence-corrected chi connectivity index (χ1v) is 6.12. The van der Waals surface area contributed by atoms with Gasteiger partial charge in [-0.1, -0.05) is 19.1 Å². The van der Waals surface area contributed by atoms with Gasteiger partial charge in [0.1, 0.15) is 0 Å². The number of rotatable bonds is 4. The molecule has 0 aromatic carbocycles. The van der Waals surface area contributed by atoms with Gasteiger partial charge in [-0.05, 0) is 33.1 Å². The molecule has 1 amide bonds. The zero-order valence-corrected chi connectivity index (χ0v) is 10.7. The van der Waals surface area contributed by atoms with Crippen LogP contribution < -0.4 is 5.32 Å². The number of carbonyl (C=O) groups excluding carboxylic acids is 1. The van der Waals surface area contributed by atoms with Crippen molar-refractivity contribution >= 4 is 5.91 Å². The van der Waals surface area contributed by atoms with Gasteiger partial charge in [0.2, 0.25) is 5.91 Å². The van der Waals surface area contributed by atoms with E-state index in [-0.39, 0.29) is 24.0 Å². The lowest BCUT2D eigenvalue weighted by atomic mass is 9.89. The molecule has 1 rings (SSSR count). The minimum absolute atomic E-state index is 0.000561. The fourth-order valence-corrected chi connectivity index (χ4v) is 2.28. The van der Waals surface area contributed by atoms with Crippen molar-refractivity contribution in [3.05, 3.63) is 12.2 Å². The molecule has 0 aromatic heterocycles. The molecule has 1 N–H and O–H groups in total. The molecule has 1 aliphatic rings. The van der Waals surface area contributed by atoms with Crippen molar-refractivity contribution in [3.63, 3.8) is 0 Å². The Morgan fingerprint density at radius 1 is 1.31 bits per heavy atom. The van der Waals surface area contributed by atoms with Crippen molar-refractivity contribution < 1.29 is 9.53 Å². The molecule has 1 heterocycles. The molecule has 0 bridgehead atoms. The Bertz CT molecular complexity index is 263. The highest BCUT2D eigenvalue weighted by molar-refractivity contribution is 5.79. The minimum Gasteiger partial charge on any atom is -0.374 e. The third-order valence-corrected chi connectivity index (χ3v) is 3.39. The van der Waals surface area contributed by atoms with Crippen LogP contribution in [0, 0.1) is 11.8 Å². The van der Waals surface area contributed by atoms with Crippen LogP contribution in [0.15, 0.2) is 12.2 Å². The smallest absolute Gasteiger partial charge is 0.226 e. The van der Waals surface area contributed by atoms with Crippen molar-refractivity contribution in [1.82, 2.24) is 5.32 Å². The maximum Gasteiger partial charge on any atom is 0.226 e. The number of ether oxygens (including phenoxy) is 1. The number of hydrogen-bond acceptors (Lipinski definition) is 2. The molecule has 92 valence electrons. The van der Waals surface area contributed by atoms with Crippen LogP contribution in [-0.2, 0) is 9.53 Å². The van der Waals surface area contributed by atoms with Crippen molar-refractivity contribution in [1.29, 1.82) is 0 Å². The largest absolute Gasteiger partial charge is 0.374 e. The molecule has 4 atom stereocenters. The molecule has 0 spiro atoms. The highest BCUT2D eigenvalue weighted by Gasteiger charge is 2.41. The molecule has 0 radical (unpaired) electrons. The summed E-state index contributed by atoms with van der Waals surface area (Å²) in [6, 6.07) is 0. The first-order chi connectivity index (χ1) is 7.57. The third-order valence-electron chi connectivity index (χ3n) is 3.39. The molecule has 3 heteroatoms. The van der Waals surface area contributed by atoms with Gasteiger partial charge in [-0.25, -0.2) is 0 Å². The van der Waals surface area contributed by atoms with Crippen LogP contribution in [0.1, 0.15) is 34.1 Å². The van der Waals surface area contributed by atoms with E-state index >= 15 is 0 Å². The summed E-state index contributed by atoms with van der Waals surface area (Å²) in [6.45, 7) is 8.81. The first kappa shape index (κ1) is 13.2. The number of nitrogens with one attached hydrogen (secondary N) is 1. The highest BCUT2D eigenvalue weighted by Crippen LogP contribution is 2.32. The quantitative estimate of drug-likeness (QED) is 0.588. The normalized spacial score (nSPS) is 34.5. The maximum absolute atomic E-state index is 12.0. The van der Waals surface area contributed by atoms with Crippen molar-refractivity contribution in [2.45, 2.75) is 46.3 Å². The Morgan fingerprint density at radius 2 is 2.00 bits per heavy atom. The first-order valence-electron chi connectivity index (χ1n) is 6.12. The summed E-state index contributed by atoms with van der Waals surface area (Å²) in [4.78, 5) is 12.0. The van der Waals surface area contributed by atoms with Gasteiger partial charge in [-0.15, -0.1) is 0 Å². The molecule has 0 aliphatic carbocycles. The van der Waals surface area contributed by atoms with Gasteiger partial charge in [-0.2, -0.15) is 0 Å². The Morgan fingerprint density at radius 3 is 2.50 bits per heavy atom. The van der Waals surface area contributed by atoms with Gasteiger partial charge in [-0.3, -0.25) is 4.79 Å². The summed E-state index contributed by atoms with van der Waals surface area (Å²) in [5, 5.41) is 2.97. The number of hydrogen-bond donors (Lipinski definition) is 1. The van der Waals surface area contributed by atoms with Gasteiger partial charge < -0.3 is 10.1 Å². The van der Waals surface area contributed by atoms with Gasteiger partial charge in [0.25, 0.3) is 0 Å². The third kappa shape index (κ3) is 3.08. The van der Waals surface area contributed by atoms with Crippen molar-refractivity contribution in [3.8, 4) is 0 Å². The molecule has 1 aliphatic heterocycles. The van der Waals surface area contributed by atoms with Gasteiger partial charge in [0.15, 0.2) is 0 Å². The molecule has 0 aromatic rings. The molecule has 1 fully saturated rings. The van der Waals surface area contributed by atoms with E-state index in [1.165, 1.54) is 0 Å². The standard InChI is InChI=1S/C13H23NO2/c1-5-6-7-8-14-13(15)12-9(2)10(3)16-11(12)4/h5-6,9-12H,7-8H2,1-4H3,(H,14,15)/b6-5+. The number of allylic oxidation sites excluding steroid dienone is 1. The Labute approximate surface area is 98.2 Å². The molecule has 3 nitrogen and oxygen atoms in total. The second kappa shape index (κ2) is 6.04. The molecule has 1 saturated heterocycles. The SMILES string of the molecule is C/C=C/CCNC(=O)C1C(C)OC(C)C1C. The highest BCUT2D eigenvalue weighted by atomic mass is 16.5. The lowest BCUT2D eigenvalue weighted by Crippen LogP contribution is -2.37. The zero-order chi connectivity index (χ0) is 12.1. The van der Waals surface area contributed by atoms with E-state index in [9.17, 15) is 4.79 Å². The van der Waals surface area contributed by atoms with Crippen molar-refractivity contribution in [2.75, 3.05) is 6.54 Å². The van der Waals surface area contributed by atoms with Crippen LogP contribution in [-0.4, -0.2) is 24.7 Å². The zero-order valence-electron chi connectivity index (χ0n) is 10.7. The van der Waals surface area contributed by atoms with E-state index in [2.05, 4.69) is 18.3 Å². The van der Waals surface area contributed by atoms with Gasteiger partial charge in [0, 0.05) is 6.54 Å². The van der Waals surface area contributed by atoms with E-state index in [0.29, 0.717) is 12.5 Å². The summed E-state index contributed by atoms with van der Waals surface area (Å²) in [5.41, 5.74) is 0. The molecule has 4 unspecified atom stereocenters. The van der Waals surface area contributed by atoms with Gasteiger partial charge in [0.05, 0.1) is 18.1 Å². The van der Waals surface area contributed by atoms with E-state index in [0.717, 1.165) is 6.42 Å². The summed E-state index contributed by atoms with van der Waals surface area (Å²) >= 11 is 0. The Kier molecular flexibility index (Phi) is 5.00. The number of carbonyl (C=O) groups is 1. The van der Waals surface area contributed by atoms with Crippen LogP contribution >= 0.6 is 0 Å². The van der Waals surface area contributed by atoms with Crippen LogP contribution in [0.4, 0.5) is 0 Å².